The van der Waals surface area contributed by atoms with E-state index in [1.54, 1.807) is 4.90 Å². The third-order valence-electron chi connectivity index (χ3n) is 5.55. The van der Waals surface area contributed by atoms with Crippen molar-refractivity contribution < 1.29 is 19.1 Å². The molecule has 0 saturated carbocycles. The predicted molar refractivity (Wildman–Crippen MR) is 114 cm³/mol. The average molecular weight is 416 g/mol. The predicted octanol–water partition coefficient (Wildman–Crippen LogP) is 2.87. The Kier molecular flexibility index (Phi) is 6.68. The second kappa shape index (κ2) is 9.06. The van der Waals surface area contributed by atoms with Gasteiger partial charge >= 0.3 is 6.09 Å². The quantitative estimate of drug-likeness (QED) is 0.820. The summed E-state index contributed by atoms with van der Waals surface area (Å²) in [6.07, 6.45) is 2.20. The molecular weight excluding hydrogens is 382 g/mol. The van der Waals surface area contributed by atoms with Gasteiger partial charge < -0.3 is 15.0 Å². The Labute approximate surface area is 178 Å². The van der Waals surface area contributed by atoms with Crippen LogP contribution in [-0.2, 0) is 27.3 Å². The van der Waals surface area contributed by atoms with Crippen LogP contribution in [0.4, 0.5) is 4.79 Å². The number of ether oxygens (including phenoxy) is 1. The number of carbonyl (C=O) groups excluding carboxylic acids is 3. The van der Waals surface area contributed by atoms with Gasteiger partial charge in [-0.05, 0) is 51.2 Å². The fourth-order valence-electron chi connectivity index (χ4n) is 4.12. The number of hydrogen-bond acceptors (Lipinski definition) is 4. The van der Waals surface area contributed by atoms with Gasteiger partial charge in [-0.25, -0.2) is 4.79 Å². The standard InChI is InChI=1S/C23H33N3O4/c1-5-12-24-20(27)18-11-8-13-25(18)21(28)19-14-16-9-6-7-10-17(16)15-26(19)22(29)30-23(2,3)4/h6-7,9-10,18-19H,5,8,11-15H2,1-4H3,(H,24,27). The van der Waals surface area contributed by atoms with Crippen LogP contribution in [0, 0.1) is 0 Å². The Morgan fingerprint density at radius 2 is 1.80 bits per heavy atom. The minimum absolute atomic E-state index is 0.109. The first-order chi connectivity index (χ1) is 14.2. The third-order valence-corrected chi connectivity index (χ3v) is 5.55. The highest BCUT2D eigenvalue weighted by atomic mass is 16.6. The zero-order valence-electron chi connectivity index (χ0n) is 18.4. The summed E-state index contributed by atoms with van der Waals surface area (Å²) >= 11 is 0. The molecule has 0 spiro atoms. The lowest BCUT2D eigenvalue weighted by atomic mass is 9.93. The van der Waals surface area contributed by atoms with Gasteiger partial charge in [-0.3, -0.25) is 14.5 Å². The van der Waals surface area contributed by atoms with E-state index in [-0.39, 0.29) is 11.8 Å². The largest absolute Gasteiger partial charge is 0.444 e. The van der Waals surface area contributed by atoms with Crippen molar-refractivity contribution in [3.8, 4) is 0 Å². The molecule has 1 N–H and O–H groups in total. The van der Waals surface area contributed by atoms with Crippen LogP contribution in [0.1, 0.15) is 58.1 Å². The summed E-state index contributed by atoms with van der Waals surface area (Å²) in [4.78, 5) is 42.3. The molecule has 30 heavy (non-hydrogen) atoms. The number of rotatable bonds is 4. The molecule has 7 heteroatoms. The molecule has 3 rings (SSSR count). The lowest BCUT2D eigenvalue weighted by molar-refractivity contribution is -0.143. The number of nitrogens with zero attached hydrogens (tertiary/aromatic N) is 2. The zero-order valence-corrected chi connectivity index (χ0v) is 18.4. The Morgan fingerprint density at radius 3 is 2.47 bits per heavy atom. The van der Waals surface area contributed by atoms with Gasteiger partial charge in [0.25, 0.3) is 0 Å². The molecule has 0 radical (unpaired) electrons. The number of amides is 3. The second-order valence-corrected chi connectivity index (χ2v) is 9.08. The van der Waals surface area contributed by atoms with E-state index in [1.165, 1.54) is 4.90 Å². The first-order valence-electron chi connectivity index (χ1n) is 10.9. The lowest BCUT2D eigenvalue weighted by Gasteiger charge is -2.39. The van der Waals surface area contributed by atoms with E-state index in [9.17, 15) is 14.4 Å². The maximum absolute atomic E-state index is 13.6. The summed E-state index contributed by atoms with van der Waals surface area (Å²) in [5, 5.41) is 2.90. The average Bonchev–Trinajstić information content (AvgIpc) is 3.19. The highest BCUT2D eigenvalue weighted by Crippen LogP contribution is 2.28. The second-order valence-electron chi connectivity index (χ2n) is 9.08. The Bertz CT molecular complexity index is 802. The minimum Gasteiger partial charge on any atom is -0.444 e. The monoisotopic (exact) mass is 415 g/mol. The summed E-state index contributed by atoms with van der Waals surface area (Å²) in [6.45, 7) is 8.89. The van der Waals surface area contributed by atoms with Crippen molar-refractivity contribution in [2.75, 3.05) is 13.1 Å². The third kappa shape index (κ3) is 4.94. The Hall–Kier alpha value is -2.57. The molecule has 0 aliphatic carbocycles. The summed E-state index contributed by atoms with van der Waals surface area (Å²) in [7, 11) is 0. The molecule has 1 fully saturated rings. The number of fused-ring (bicyclic) bond motifs is 1. The van der Waals surface area contributed by atoms with Gasteiger partial charge in [0.1, 0.15) is 17.7 Å². The Morgan fingerprint density at radius 1 is 1.10 bits per heavy atom. The lowest BCUT2D eigenvalue weighted by Crippen LogP contribution is -2.57. The molecule has 2 unspecified atom stereocenters. The summed E-state index contributed by atoms with van der Waals surface area (Å²) in [5.41, 5.74) is 1.42. The van der Waals surface area contributed by atoms with Gasteiger partial charge in [0, 0.05) is 19.5 Å². The van der Waals surface area contributed by atoms with Crippen molar-refractivity contribution in [3.63, 3.8) is 0 Å². The topological polar surface area (TPSA) is 79.0 Å². The van der Waals surface area contributed by atoms with E-state index in [4.69, 9.17) is 4.74 Å². The van der Waals surface area contributed by atoms with Crippen molar-refractivity contribution in [1.82, 2.24) is 15.1 Å². The van der Waals surface area contributed by atoms with Crippen molar-refractivity contribution in [1.29, 1.82) is 0 Å². The van der Waals surface area contributed by atoms with Crippen LogP contribution in [0.25, 0.3) is 0 Å². The molecule has 7 nitrogen and oxygen atoms in total. The maximum Gasteiger partial charge on any atom is 0.411 e. The molecule has 2 aliphatic heterocycles. The van der Waals surface area contributed by atoms with Crippen molar-refractivity contribution in [3.05, 3.63) is 35.4 Å². The van der Waals surface area contributed by atoms with Crippen LogP contribution >= 0.6 is 0 Å². The van der Waals surface area contributed by atoms with E-state index in [2.05, 4.69) is 5.32 Å². The molecule has 1 saturated heterocycles. The number of hydrogen-bond donors (Lipinski definition) is 1. The molecule has 2 heterocycles. The molecule has 164 valence electrons. The van der Waals surface area contributed by atoms with Crippen molar-refractivity contribution in [2.24, 2.45) is 0 Å². The summed E-state index contributed by atoms with van der Waals surface area (Å²) in [6, 6.07) is 6.71. The molecule has 3 amide bonds. The van der Waals surface area contributed by atoms with Gasteiger partial charge in [0.05, 0.1) is 6.54 Å². The minimum atomic E-state index is -0.672. The molecule has 1 aromatic carbocycles. The fourth-order valence-corrected chi connectivity index (χ4v) is 4.12. The van der Waals surface area contributed by atoms with Crippen LogP contribution in [0.5, 0.6) is 0 Å². The van der Waals surface area contributed by atoms with Gasteiger partial charge in [0.2, 0.25) is 11.8 Å². The van der Waals surface area contributed by atoms with Gasteiger partial charge in [-0.2, -0.15) is 0 Å². The highest BCUT2D eigenvalue weighted by molar-refractivity contribution is 5.92. The fraction of sp³-hybridized carbons (Fsp3) is 0.609. The number of carbonyl (C=O) groups is 3. The SMILES string of the molecule is CCCNC(=O)C1CCCN1C(=O)C1Cc2ccccc2CN1C(=O)OC(C)(C)C. The van der Waals surface area contributed by atoms with E-state index in [1.807, 2.05) is 52.0 Å². The maximum atomic E-state index is 13.6. The van der Waals surface area contributed by atoms with Crippen LogP contribution in [0.2, 0.25) is 0 Å². The molecule has 2 aliphatic rings. The van der Waals surface area contributed by atoms with Crippen molar-refractivity contribution in [2.45, 2.75) is 77.6 Å². The molecule has 0 bridgehead atoms. The summed E-state index contributed by atoms with van der Waals surface area (Å²) < 4.78 is 5.60. The van der Waals surface area contributed by atoms with Crippen molar-refractivity contribution >= 4 is 17.9 Å². The Balaban J connectivity index is 1.85. The zero-order chi connectivity index (χ0) is 21.9. The first kappa shape index (κ1) is 22.1. The highest BCUT2D eigenvalue weighted by Gasteiger charge is 2.43. The molecule has 1 aromatic rings. The number of likely N-dealkylation sites (tertiary alicyclic amines) is 1. The molecule has 0 aromatic heterocycles. The molecular formula is C23H33N3O4. The van der Waals surface area contributed by atoms with Crippen LogP contribution in [-0.4, -0.2) is 58.5 Å². The summed E-state index contributed by atoms with van der Waals surface area (Å²) in [5.74, 6) is -0.285. The smallest absolute Gasteiger partial charge is 0.411 e. The van der Waals surface area contributed by atoms with Gasteiger partial charge in [-0.1, -0.05) is 31.2 Å². The van der Waals surface area contributed by atoms with Crippen LogP contribution in [0.3, 0.4) is 0 Å². The number of nitrogens with one attached hydrogen (secondary N) is 1. The van der Waals surface area contributed by atoms with E-state index >= 15 is 0 Å². The van der Waals surface area contributed by atoms with Gasteiger partial charge in [0.15, 0.2) is 0 Å². The first-order valence-corrected chi connectivity index (χ1v) is 10.9. The van der Waals surface area contributed by atoms with E-state index in [0.29, 0.717) is 32.5 Å². The van der Waals surface area contributed by atoms with E-state index < -0.39 is 23.8 Å². The van der Waals surface area contributed by atoms with E-state index in [0.717, 1.165) is 24.0 Å². The molecule has 2 atom stereocenters. The normalized spacial score (nSPS) is 21.2. The number of benzene rings is 1. The van der Waals surface area contributed by atoms with Gasteiger partial charge in [-0.15, -0.1) is 0 Å². The van der Waals surface area contributed by atoms with Crippen LogP contribution < -0.4 is 5.32 Å². The van der Waals surface area contributed by atoms with Crippen LogP contribution in [0.15, 0.2) is 24.3 Å².